The average molecular weight is 235 g/mol. The zero-order valence-corrected chi connectivity index (χ0v) is 8.41. The van der Waals surface area contributed by atoms with Gasteiger partial charge in [0.2, 0.25) is 11.8 Å². The standard InChI is InChI=1S/C10H6FN3O3/c11-9-5-10(13-6-12-9)17-8-3-1-7(2-4-8)14(15)16/h1-6H. The van der Waals surface area contributed by atoms with Crippen molar-refractivity contribution in [3.05, 3.63) is 52.7 Å². The predicted molar refractivity (Wildman–Crippen MR) is 55.2 cm³/mol. The number of hydrogen-bond donors (Lipinski definition) is 0. The zero-order chi connectivity index (χ0) is 12.3. The molecule has 0 aliphatic heterocycles. The summed E-state index contributed by atoms with van der Waals surface area (Å²) in [6.45, 7) is 0. The normalized spacial score (nSPS) is 9.94. The molecular weight excluding hydrogens is 229 g/mol. The number of rotatable bonds is 3. The van der Waals surface area contributed by atoms with Gasteiger partial charge >= 0.3 is 0 Å². The molecule has 0 saturated heterocycles. The highest BCUT2D eigenvalue weighted by Gasteiger charge is 2.06. The van der Waals surface area contributed by atoms with Crippen molar-refractivity contribution in [1.29, 1.82) is 0 Å². The van der Waals surface area contributed by atoms with Crippen molar-refractivity contribution in [2.75, 3.05) is 0 Å². The highest BCUT2D eigenvalue weighted by atomic mass is 19.1. The first-order chi connectivity index (χ1) is 8.15. The molecule has 0 saturated carbocycles. The van der Waals surface area contributed by atoms with Gasteiger partial charge in [-0.05, 0) is 12.1 Å². The Morgan fingerprint density at radius 2 is 1.94 bits per heavy atom. The molecule has 1 aromatic heterocycles. The summed E-state index contributed by atoms with van der Waals surface area (Å²) in [6, 6.07) is 6.39. The van der Waals surface area contributed by atoms with Crippen LogP contribution in [0.2, 0.25) is 0 Å². The molecule has 0 atom stereocenters. The quantitative estimate of drug-likeness (QED) is 0.463. The third-order valence-corrected chi connectivity index (χ3v) is 1.88. The molecule has 6 nitrogen and oxygen atoms in total. The summed E-state index contributed by atoms with van der Waals surface area (Å²) in [6.07, 6.45) is 1.02. The first kappa shape index (κ1) is 10.9. The van der Waals surface area contributed by atoms with E-state index in [0.717, 1.165) is 12.4 Å². The smallest absolute Gasteiger partial charge is 0.269 e. The third kappa shape index (κ3) is 2.71. The van der Waals surface area contributed by atoms with Crippen LogP contribution in [-0.2, 0) is 0 Å². The second-order valence-corrected chi connectivity index (χ2v) is 3.03. The van der Waals surface area contributed by atoms with Gasteiger partial charge in [-0.3, -0.25) is 10.1 Å². The monoisotopic (exact) mass is 235 g/mol. The van der Waals surface area contributed by atoms with Crippen LogP contribution in [0.4, 0.5) is 10.1 Å². The topological polar surface area (TPSA) is 78.2 Å². The van der Waals surface area contributed by atoms with Crippen molar-refractivity contribution in [3.8, 4) is 11.6 Å². The number of benzene rings is 1. The van der Waals surface area contributed by atoms with E-state index in [1.165, 1.54) is 24.3 Å². The van der Waals surface area contributed by atoms with Crippen molar-refractivity contribution < 1.29 is 14.1 Å². The highest BCUT2D eigenvalue weighted by molar-refractivity contribution is 5.37. The zero-order valence-electron chi connectivity index (χ0n) is 8.41. The second kappa shape index (κ2) is 4.52. The maximum Gasteiger partial charge on any atom is 0.269 e. The van der Waals surface area contributed by atoms with E-state index in [1.807, 2.05) is 0 Å². The lowest BCUT2D eigenvalue weighted by atomic mass is 10.3. The van der Waals surface area contributed by atoms with Crippen molar-refractivity contribution in [2.24, 2.45) is 0 Å². The van der Waals surface area contributed by atoms with Crippen molar-refractivity contribution in [1.82, 2.24) is 9.97 Å². The molecule has 0 bridgehead atoms. The Balaban J connectivity index is 2.16. The van der Waals surface area contributed by atoms with E-state index in [1.54, 1.807) is 0 Å². The largest absolute Gasteiger partial charge is 0.439 e. The number of halogens is 1. The van der Waals surface area contributed by atoms with E-state index in [4.69, 9.17) is 4.74 Å². The summed E-state index contributed by atoms with van der Waals surface area (Å²) in [5.74, 6) is -0.350. The van der Waals surface area contributed by atoms with E-state index < -0.39 is 10.9 Å². The van der Waals surface area contributed by atoms with Gasteiger partial charge in [0.05, 0.1) is 11.0 Å². The Morgan fingerprint density at radius 1 is 1.24 bits per heavy atom. The number of hydrogen-bond acceptors (Lipinski definition) is 5. The van der Waals surface area contributed by atoms with E-state index in [-0.39, 0.29) is 11.6 Å². The summed E-state index contributed by atoms with van der Waals surface area (Å²) < 4.78 is 17.9. The molecule has 1 aromatic carbocycles. The van der Waals surface area contributed by atoms with Crippen molar-refractivity contribution in [3.63, 3.8) is 0 Å². The number of ether oxygens (including phenoxy) is 1. The minimum absolute atomic E-state index is 0.0337. The Bertz CT molecular complexity index is 545. The number of non-ortho nitro benzene ring substituents is 1. The van der Waals surface area contributed by atoms with Gasteiger partial charge < -0.3 is 4.74 Å². The molecule has 0 aliphatic rings. The molecular formula is C10H6FN3O3. The molecule has 1 heterocycles. The number of nitrogens with zero attached hydrogens (tertiary/aromatic N) is 3. The summed E-state index contributed by atoms with van der Waals surface area (Å²) in [5.41, 5.74) is -0.0498. The van der Waals surface area contributed by atoms with Gasteiger partial charge in [-0.15, -0.1) is 0 Å². The van der Waals surface area contributed by atoms with Crippen LogP contribution in [0, 0.1) is 16.1 Å². The lowest BCUT2D eigenvalue weighted by Crippen LogP contribution is -1.92. The average Bonchev–Trinajstić information content (AvgIpc) is 2.29. The second-order valence-electron chi connectivity index (χ2n) is 3.03. The van der Waals surface area contributed by atoms with Crippen LogP contribution in [-0.4, -0.2) is 14.9 Å². The molecule has 0 aliphatic carbocycles. The van der Waals surface area contributed by atoms with Gasteiger partial charge in [-0.2, -0.15) is 4.39 Å². The fourth-order valence-corrected chi connectivity index (χ4v) is 1.13. The highest BCUT2D eigenvalue weighted by Crippen LogP contribution is 2.22. The SMILES string of the molecule is O=[N+]([O-])c1ccc(Oc2cc(F)ncn2)cc1. The van der Waals surface area contributed by atoms with E-state index in [0.29, 0.717) is 5.75 Å². The van der Waals surface area contributed by atoms with Crippen molar-refractivity contribution >= 4 is 5.69 Å². The fraction of sp³-hybridized carbons (Fsp3) is 0. The molecule has 7 heteroatoms. The van der Waals surface area contributed by atoms with Gasteiger partial charge in [-0.1, -0.05) is 0 Å². The minimum Gasteiger partial charge on any atom is -0.439 e. The van der Waals surface area contributed by atoms with Crippen LogP contribution in [0.3, 0.4) is 0 Å². The van der Waals surface area contributed by atoms with Crippen LogP contribution in [0.5, 0.6) is 11.6 Å². The lowest BCUT2D eigenvalue weighted by molar-refractivity contribution is -0.384. The van der Waals surface area contributed by atoms with E-state index >= 15 is 0 Å². The fourth-order valence-electron chi connectivity index (χ4n) is 1.13. The minimum atomic E-state index is -0.711. The summed E-state index contributed by atoms with van der Waals surface area (Å²) >= 11 is 0. The molecule has 0 radical (unpaired) electrons. The molecule has 0 N–H and O–H groups in total. The summed E-state index contributed by atoms with van der Waals surface area (Å²) in [7, 11) is 0. The van der Waals surface area contributed by atoms with Crippen molar-refractivity contribution in [2.45, 2.75) is 0 Å². The lowest BCUT2D eigenvalue weighted by Gasteiger charge is -2.03. The molecule has 0 unspecified atom stereocenters. The summed E-state index contributed by atoms with van der Waals surface area (Å²) in [4.78, 5) is 16.8. The van der Waals surface area contributed by atoms with Gasteiger partial charge in [0, 0.05) is 12.1 Å². The van der Waals surface area contributed by atoms with Gasteiger partial charge in [0.1, 0.15) is 12.1 Å². The molecule has 17 heavy (non-hydrogen) atoms. The summed E-state index contributed by atoms with van der Waals surface area (Å²) in [5, 5.41) is 10.4. The molecule has 2 rings (SSSR count). The molecule has 0 fully saturated rings. The van der Waals surface area contributed by atoms with Gasteiger partial charge in [0.25, 0.3) is 5.69 Å². The Hall–Kier alpha value is -2.57. The Morgan fingerprint density at radius 3 is 2.53 bits per heavy atom. The molecule has 2 aromatic rings. The number of aromatic nitrogens is 2. The van der Waals surface area contributed by atoms with E-state index in [9.17, 15) is 14.5 Å². The molecule has 0 spiro atoms. The Kier molecular flexibility index (Phi) is 2.91. The molecule has 86 valence electrons. The van der Waals surface area contributed by atoms with Crippen LogP contribution < -0.4 is 4.74 Å². The van der Waals surface area contributed by atoms with Crippen LogP contribution in [0.1, 0.15) is 0 Å². The third-order valence-electron chi connectivity index (χ3n) is 1.88. The maximum absolute atomic E-state index is 12.7. The predicted octanol–water partition coefficient (Wildman–Crippen LogP) is 2.32. The maximum atomic E-state index is 12.7. The first-order valence-electron chi connectivity index (χ1n) is 4.55. The van der Waals surface area contributed by atoms with Gasteiger partial charge in [-0.25, -0.2) is 9.97 Å². The first-order valence-corrected chi connectivity index (χ1v) is 4.55. The van der Waals surface area contributed by atoms with Crippen LogP contribution in [0.25, 0.3) is 0 Å². The van der Waals surface area contributed by atoms with Gasteiger partial charge in [0.15, 0.2) is 0 Å². The number of nitro groups is 1. The number of nitro benzene ring substituents is 1. The molecule has 0 amide bonds. The Labute approximate surface area is 94.9 Å². The van der Waals surface area contributed by atoms with E-state index in [2.05, 4.69) is 9.97 Å². The van der Waals surface area contributed by atoms with Crippen LogP contribution in [0.15, 0.2) is 36.7 Å². The van der Waals surface area contributed by atoms with Crippen LogP contribution >= 0.6 is 0 Å².